The average Bonchev–Trinajstić information content (AvgIpc) is 2.63. The lowest BCUT2D eigenvalue weighted by Gasteiger charge is -2.14. The number of pyridine rings is 1. The highest BCUT2D eigenvalue weighted by atomic mass is 19.4. The van der Waals surface area contributed by atoms with E-state index >= 15 is 0 Å². The monoisotopic (exact) mass is 382 g/mol. The molecule has 2 rings (SSSR count). The van der Waals surface area contributed by atoms with Crippen LogP contribution in [-0.4, -0.2) is 41.3 Å². The lowest BCUT2D eigenvalue weighted by Crippen LogP contribution is -2.34. The minimum absolute atomic E-state index is 0.0195. The molecule has 6 nitrogen and oxygen atoms in total. The van der Waals surface area contributed by atoms with E-state index in [9.17, 15) is 27.9 Å². The first kappa shape index (κ1) is 20.2. The molecular formula is C18H17F3N2O4. The lowest BCUT2D eigenvalue weighted by atomic mass is 9.99. The fraction of sp³-hybridized carbons (Fsp3) is 0.278. The Bertz CT molecular complexity index is 782. The zero-order valence-electron chi connectivity index (χ0n) is 14.1. The molecule has 1 amide bonds. The average molecular weight is 382 g/mol. The van der Waals surface area contributed by atoms with Crippen LogP contribution in [0.3, 0.4) is 0 Å². The number of carboxylic acids is 1. The predicted molar refractivity (Wildman–Crippen MR) is 89.4 cm³/mol. The number of aromatic nitrogens is 1. The molecule has 1 unspecified atom stereocenters. The molecule has 2 aromatic rings. The summed E-state index contributed by atoms with van der Waals surface area (Å²) in [7, 11) is 0. The van der Waals surface area contributed by atoms with E-state index in [1.807, 2.05) is 6.07 Å². The van der Waals surface area contributed by atoms with Gasteiger partial charge in [-0.2, -0.15) is 13.2 Å². The van der Waals surface area contributed by atoms with Crippen molar-refractivity contribution in [2.75, 3.05) is 13.2 Å². The Kier molecular flexibility index (Phi) is 6.75. The molecule has 0 fully saturated rings. The van der Waals surface area contributed by atoms with Crippen molar-refractivity contribution in [1.82, 2.24) is 10.3 Å². The van der Waals surface area contributed by atoms with E-state index in [1.165, 1.54) is 6.07 Å². The number of halogens is 3. The summed E-state index contributed by atoms with van der Waals surface area (Å²) in [4.78, 5) is 27.2. The number of nitrogens with one attached hydrogen (secondary N) is 1. The van der Waals surface area contributed by atoms with Gasteiger partial charge < -0.3 is 15.2 Å². The summed E-state index contributed by atoms with van der Waals surface area (Å²) in [5.41, 5.74) is 0.830. The smallest absolute Gasteiger partial charge is 0.422 e. The molecular weight excluding hydrogens is 365 g/mol. The standard InChI is InChI=1S/C18H17F3N2O4/c19-18(20,21)11-27-15-9-13(6-7-22-15)16(24)23-10-14(17(25)26)8-12-4-2-1-3-5-12/h1-7,9,14H,8,10-11H2,(H,23,24)(H,25,26). The summed E-state index contributed by atoms with van der Waals surface area (Å²) in [5, 5.41) is 11.8. The van der Waals surface area contributed by atoms with Crippen LogP contribution in [0.15, 0.2) is 48.7 Å². The number of rotatable bonds is 8. The van der Waals surface area contributed by atoms with Crippen molar-refractivity contribution in [1.29, 1.82) is 0 Å². The predicted octanol–water partition coefficient (Wildman–Crippen LogP) is 2.70. The van der Waals surface area contributed by atoms with Gasteiger partial charge in [0.2, 0.25) is 5.88 Å². The van der Waals surface area contributed by atoms with Gasteiger partial charge in [-0.15, -0.1) is 0 Å². The van der Waals surface area contributed by atoms with Crippen LogP contribution in [0.25, 0.3) is 0 Å². The number of benzene rings is 1. The largest absolute Gasteiger partial charge is 0.481 e. The second-order valence-corrected chi connectivity index (χ2v) is 5.72. The van der Waals surface area contributed by atoms with E-state index in [-0.39, 0.29) is 24.4 Å². The third-order valence-electron chi connectivity index (χ3n) is 3.56. The molecule has 0 bridgehead atoms. The Balaban J connectivity index is 1.96. The van der Waals surface area contributed by atoms with Crippen LogP contribution in [0, 0.1) is 5.92 Å². The van der Waals surface area contributed by atoms with Crippen molar-refractivity contribution in [2.45, 2.75) is 12.6 Å². The van der Waals surface area contributed by atoms with Crippen LogP contribution < -0.4 is 10.1 Å². The van der Waals surface area contributed by atoms with Crippen molar-refractivity contribution in [3.05, 3.63) is 59.8 Å². The molecule has 0 saturated heterocycles. The number of ether oxygens (including phenoxy) is 1. The maximum absolute atomic E-state index is 12.2. The molecule has 144 valence electrons. The highest BCUT2D eigenvalue weighted by Gasteiger charge is 2.28. The summed E-state index contributed by atoms with van der Waals surface area (Å²) in [6.07, 6.45) is -3.15. The maximum atomic E-state index is 12.2. The van der Waals surface area contributed by atoms with Gasteiger partial charge in [0.15, 0.2) is 6.61 Å². The van der Waals surface area contributed by atoms with Crippen LogP contribution >= 0.6 is 0 Å². The van der Waals surface area contributed by atoms with E-state index in [4.69, 9.17) is 0 Å². The van der Waals surface area contributed by atoms with Crippen LogP contribution in [0.2, 0.25) is 0 Å². The van der Waals surface area contributed by atoms with Crippen molar-refractivity contribution >= 4 is 11.9 Å². The first-order chi connectivity index (χ1) is 12.7. The lowest BCUT2D eigenvalue weighted by molar-refractivity contribution is -0.154. The van der Waals surface area contributed by atoms with Crippen LogP contribution in [0.4, 0.5) is 13.2 Å². The molecule has 0 radical (unpaired) electrons. The number of hydrogen-bond acceptors (Lipinski definition) is 4. The number of nitrogens with zero attached hydrogens (tertiary/aromatic N) is 1. The van der Waals surface area contributed by atoms with E-state index in [1.54, 1.807) is 24.3 Å². The number of carbonyl (C=O) groups excluding carboxylic acids is 1. The summed E-state index contributed by atoms with van der Waals surface area (Å²) in [6, 6.07) is 11.3. The number of carbonyl (C=O) groups is 2. The van der Waals surface area contributed by atoms with Crippen LogP contribution in [-0.2, 0) is 11.2 Å². The number of aliphatic carboxylic acids is 1. The van der Waals surface area contributed by atoms with Gasteiger partial charge in [-0.3, -0.25) is 9.59 Å². The molecule has 0 aliphatic carbocycles. The van der Waals surface area contributed by atoms with Crippen molar-refractivity contribution in [3.63, 3.8) is 0 Å². The number of amides is 1. The molecule has 1 atom stereocenters. The summed E-state index contributed by atoms with van der Waals surface area (Å²) in [5.74, 6) is -2.89. The molecule has 0 aliphatic heterocycles. The van der Waals surface area contributed by atoms with Crippen LogP contribution in [0.5, 0.6) is 5.88 Å². The van der Waals surface area contributed by atoms with Gasteiger partial charge in [0.1, 0.15) is 0 Å². The molecule has 1 heterocycles. The number of carboxylic acid groups (broad SMARTS) is 1. The van der Waals surface area contributed by atoms with Gasteiger partial charge in [-0.05, 0) is 18.1 Å². The third-order valence-corrected chi connectivity index (χ3v) is 3.56. The first-order valence-corrected chi connectivity index (χ1v) is 7.95. The molecule has 2 N–H and O–H groups in total. The van der Waals surface area contributed by atoms with Gasteiger partial charge in [0.05, 0.1) is 5.92 Å². The van der Waals surface area contributed by atoms with Crippen LogP contribution in [0.1, 0.15) is 15.9 Å². The van der Waals surface area contributed by atoms with E-state index in [0.29, 0.717) is 0 Å². The quantitative estimate of drug-likeness (QED) is 0.733. The molecule has 9 heteroatoms. The first-order valence-electron chi connectivity index (χ1n) is 7.95. The van der Waals surface area contributed by atoms with Gasteiger partial charge in [-0.1, -0.05) is 30.3 Å². The molecule has 0 saturated carbocycles. The Morgan fingerprint density at radius 1 is 1.19 bits per heavy atom. The Hall–Kier alpha value is -3.10. The fourth-order valence-corrected chi connectivity index (χ4v) is 2.25. The minimum atomic E-state index is -4.52. The summed E-state index contributed by atoms with van der Waals surface area (Å²) < 4.78 is 41.0. The third kappa shape index (κ3) is 6.96. The topological polar surface area (TPSA) is 88.5 Å². The summed E-state index contributed by atoms with van der Waals surface area (Å²) in [6.45, 7) is -1.66. The zero-order valence-corrected chi connectivity index (χ0v) is 14.1. The highest BCUT2D eigenvalue weighted by molar-refractivity contribution is 5.94. The molecule has 0 spiro atoms. The van der Waals surface area contributed by atoms with Crippen molar-refractivity contribution in [3.8, 4) is 5.88 Å². The second kappa shape index (κ2) is 9.02. The van der Waals surface area contributed by atoms with E-state index in [2.05, 4.69) is 15.0 Å². The molecule has 27 heavy (non-hydrogen) atoms. The van der Waals surface area contributed by atoms with Crippen molar-refractivity contribution in [2.24, 2.45) is 5.92 Å². The Labute approximate surface area is 153 Å². The van der Waals surface area contributed by atoms with Gasteiger partial charge in [0.25, 0.3) is 5.91 Å². The number of hydrogen-bond donors (Lipinski definition) is 2. The van der Waals surface area contributed by atoms with E-state index in [0.717, 1.165) is 17.8 Å². The Morgan fingerprint density at radius 2 is 1.89 bits per heavy atom. The molecule has 1 aromatic carbocycles. The van der Waals surface area contributed by atoms with Gasteiger partial charge in [0, 0.05) is 24.4 Å². The molecule has 0 aliphatic rings. The fourth-order valence-electron chi connectivity index (χ4n) is 2.25. The summed E-state index contributed by atoms with van der Waals surface area (Å²) >= 11 is 0. The van der Waals surface area contributed by atoms with Gasteiger partial charge >= 0.3 is 12.1 Å². The Morgan fingerprint density at radius 3 is 2.52 bits per heavy atom. The highest BCUT2D eigenvalue weighted by Crippen LogP contribution is 2.17. The molecule has 1 aromatic heterocycles. The van der Waals surface area contributed by atoms with Crippen molar-refractivity contribution < 1.29 is 32.6 Å². The van der Waals surface area contributed by atoms with E-state index < -0.39 is 30.6 Å². The normalized spacial score (nSPS) is 12.3. The van der Waals surface area contributed by atoms with Gasteiger partial charge in [-0.25, -0.2) is 4.98 Å². The zero-order chi connectivity index (χ0) is 19.9. The SMILES string of the molecule is O=C(NCC(Cc1ccccc1)C(=O)O)c1ccnc(OCC(F)(F)F)c1. The second-order valence-electron chi connectivity index (χ2n) is 5.72. The minimum Gasteiger partial charge on any atom is -0.481 e. The number of alkyl halides is 3. The maximum Gasteiger partial charge on any atom is 0.422 e.